The summed E-state index contributed by atoms with van der Waals surface area (Å²) in [4.78, 5) is 12.1. The number of ether oxygens (including phenoxy) is 3. The minimum atomic E-state index is -0.484. The van der Waals surface area contributed by atoms with Gasteiger partial charge in [-0.1, -0.05) is 30.3 Å². The van der Waals surface area contributed by atoms with Gasteiger partial charge in [0, 0.05) is 7.11 Å². The predicted octanol–water partition coefficient (Wildman–Crippen LogP) is 2.61. The van der Waals surface area contributed by atoms with Gasteiger partial charge in [0.2, 0.25) is 6.29 Å². The van der Waals surface area contributed by atoms with Crippen molar-refractivity contribution in [2.24, 2.45) is 0 Å². The summed E-state index contributed by atoms with van der Waals surface area (Å²) in [6.45, 7) is 3.89. The van der Waals surface area contributed by atoms with Gasteiger partial charge >= 0.3 is 5.97 Å². The second-order valence-electron chi connectivity index (χ2n) is 4.30. The van der Waals surface area contributed by atoms with Gasteiger partial charge in [-0.3, -0.25) is 0 Å². The molecule has 2 rings (SSSR count). The average Bonchev–Trinajstić information content (AvgIpc) is 2.77. The predicted molar refractivity (Wildman–Crippen MR) is 70.4 cm³/mol. The van der Waals surface area contributed by atoms with Crippen LogP contribution in [0.2, 0.25) is 0 Å². The maximum Gasteiger partial charge on any atom is 0.338 e. The molecule has 2 unspecified atom stereocenters. The van der Waals surface area contributed by atoms with E-state index in [1.807, 2.05) is 30.3 Å². The van der Waals surface area contributed by atoms with Crippen LogP contribution in [0.25, 0.3) is 0 Å². The molecule has 0 aliphatic carbocycles. The Morgan fingerprint density at radius 1 is 1.32 bits per heavy atom. The maximum absolute atomic E-state index is 12.1. The number of carbonyl (C=O) groups is 1. The number of esters is 1. The lowest BCUT2D eigenvalue weighted by Crippen LogP contribution is -2.22. The lowest BCUT2D eigenvalue weighted by atomic mass is 9.91. The lowest BCUT2D eigenvalue weighted by molar-refractivity contribution is -0.139. The summed E-state index contributed by atoms with van der Waals surface area (Å²) in [7, 11) is 1.57. The molecule has 19 heavy (non-hydrogen) atoms. The first-order valence-corrected chi connectivity index (χ1v) is 6.31. The van der Waals surface area contributed by atoms with Gasteiger partial charge in [-0.05, 0) is 19.4 Å². The Kier molecular flexibility index (Phi) is 4.22. The molecule has 0 fully saturated rings. The van der Waals surface area contributed by atoms with E-state index in [9.17, 15) is 4.79 Å². The van der Waals surface area contributed by atoms with E-state index in [1.54, 1.807) is 21.0 Å². The van der Waals surface area contributed by atoms with Gasteiger partial charge in [-0.25, -0.2) is 4.79 Å². The van der Waals surface area contributed by atoms with E-state index in [0.717, 1.165) is 5.56 Å². The topological polar surface area (TPSA) is 44.8 Å². The van der Waals surface area contributed by atoms with E-state index in [4.69, 9.17) is 14.2 Å². The molecule has 0 saturated heterocycles. The third-order valence-electron chi connectivity index (χ3n) is 3.14. The summed E-state index contributed by atoms with van der Waals surface area (Å²) in [5.74, 6) is -0.0159. The van der Waals surface area contributed by atoms with Crippen molar-refractivity contribution in [2.75, 3.05) is 13.7 Å². The van der Waals surface area contributed by atoms with E-state index in [2.05, 4.69) is 0 Å². The second-order valence-corrected chi connectivity index (χ2v) is 4.30. The molecule has 1 aliphatic rings. The van der Waals surface area contributed by atoms with Crippen molar-refractivity contribution in [3.05, 3.63) is 47.2 Å². The van der Waals surface area contributed by atoms with Gasteiger partial charge in [0.15, 0.2) is 0 Å². The van der Waals surface area contributed by atoms with Crippen LogP contribution in [0.15, 0.2) is 41.7 Å². The summed E-state index contributed by atoms with van der Waals surface area (Å²) in [6, 6.07) is 9.70. The molecule has 0 spiro atoms. The summed E-state index contributed by atoms with van der Waals surface area (Å²) < 4.78 is 16.1. The Hall–Kier alpha value is -1.81. The zero-order chi connectivity index (χ0) is 13.8. The first kappa shape index (κ1) is 13.6. The molecule has 1 aliphatic heterocycles. The van der Waals surface area contributed by atoms with E-state index in [0.29, 0.717) is 17.9 Å². The van der Waals surface area contributed by atoms with Crippen molar-refractivity contribution in [2.45, 2.75) is 26.1 Å². The van der Waals surface area contributed by atoms with Gasteiger partial charge in [-0.15, -0.1) is 0 Å². The molecular formula is C15H18O4. The van der Waals surface area contributed by atoms with Gasteiger partial charge in [0.1, 0.15) is 5.76 Å². The van der Waals surface area contributed by atoms with Crippen LogP contribution in [-0.4, -0.2) is 26.0 Å². The van der Waals surface area contributed by atoms with E-state index in [1.165, 1.54) is 0 Å². The van der Waals surface area contributed by atoms with Crippen molar-refractivity contribution in [3.8, 4) is 0 Å². The third kappa shape index (κ3) is 2.63. The van der Waals surface area contributed by atoms with Gasteiger partial charge < -0.3 is 14.2 Å². The fraction of sp³-hybridized carbons (Fsp3) is 0.400. The molecule has 0 amide bonds. The fourth-order valence-electron chi connectivity index (χ4n) is 2.31. The molecule has 0 saturated carbocycles. The van der Waals surface area contributed by atoms with E-state index in [-0.39, 0.29) is 11.9 Å². The highest BCUT2D eigenvalue weighted by molar-refractivity contribution is 5.91. The number of benzene rings is 1. The fourth-order valence-corrected chi connectivity index (χ4v) is 2.31. The minimum absolute atomic E-state index is 0.245. The van der Waals surface area contributed by atoms with Crippen LogP contribution < -0.4 is 0 Å². The largest absolute Gasteiger partial charge is 0.468 e. The van der Waals surface area contributed by atoms with E-state index >= 15 is 0 Å². The molecule has 2 atom stereocenters. The first-order chi connectivity index (χ1) is 9.19. The minimum Gasteiger partial charge on any atom is -0.468 e. The maximum atomic E-state index is 12.1. The standard InChI is InChI=1S/C15H18O4/c1-4-18-14(16)12-10(2)19-15(17-3)13(12)11-8-6-5-7-9-11/h5-9,13,15H,4H2,1-3H3. The Morgan fingerprint density at radius 3 is 2.58 bits per heavy atom. The summed E-state index contributed by atoms with van der Waals surface area (Å²) in [5, 5.41) is 0. The number of hydrogen-bond acceptors (Lipinski definition) is 4. The number of hydrogen-bond donors (Lipinski definition) is 0. The number of methoxy groups -OCH3 is 1. The first-order valence-electron chi connectivity index (χ1n) is 6.31. The van der Waals surface area contributed by atoms with Crippen molar-refractivity contribution in [1.82, 2.24) is 0 Å². The van der Waals surface area contributed by atoms with Crippen LogP contribution in [-0.2, 0) is 19.0 Å². The molecule has 4 nitrogen and oxygen atoms in total. The van der Waals surface area contributed by atoms with Crippen LogP contribution in [0.5, 0.6) is 0 Å². The third-order valence-corrected chi connectivity index (χ3v) is 3.14. The highest BCUT2D eigenvalue weighted by atomic mass is 16.7. The van der Waals surface area contributed by atoms with Crippen molar-refractivity contribution in [1.29, 1.82) is 0 Å². The highest BCUT2D eigenvalue weighted by Gasteiger charge is 2.40. The highest BCUT2D eigenvalue weighted by Crippen LogP contribution is 2.39. The molecule has 0 N–H and O–H groups in total. The number of rotatable bonds is 4. The zero-order valence-corrected chi connectivity index (χ0v) is 11.4. The Balaban J connectivity index is 2.38. The molecule has 0 bridgehead atoms. The van der Waals surface area contributed by atoms with Crippen LogP contribution in [0.4, 0.5) is 0 Å². The van der Waals surface area contributed by atoms with Crippen LogP contribution in [0, 0.1) is 0 Å². The molecule has 1 aromatic carbocycles. The van der Waals surface area contributed by atoms with Crippen molar-refractivity contribution in [3.63, 3.8) is 0 Å². The van der Waals surface area contributed by atoms with Gasteiger partial charge in [0.05, 0.1) is 18.1 Å². The SMILES string of the molecule is CCOC(=O)C1=C(C)OC(OC)C1c1ccccc1. The van der Waals surface area contributed by atoms with Gasteiger partial charge in [0.25, 0.3) is 0 Å². The Bertz CT molecular complexity index is 478. The molecule has 0 radical (unpaired) electrons. The number of allylic oxidation sites excluding steroid dienone is 1. The van der Waals surface area contributed by atoms with Crippen LogP contribution in [0.1, 0.15) is 25.3 Å². The smallest absolute Gasteiger partial charge is 0.338 e. The number of carbonyl (C=O) groups excluding carboxylic acids is 1. The molecule has 4 heteroatoms. The molecule has 1 aromatic rings. The van der Waals surface area contributed by atoms with Crippen LogP contribution >= 0.6 is 0 Å². The van der Waals surface area contributed by atoms with Crippen molar-refractivity contribution < 1.29 is 19.0 Å². The molecule has 0 aromatic heterocycles. The quantitative estimate of drug-likeness (QED) is 0.782. The molecule has 102 valence electrons. The normalized spacial score (nSPS) is 22.3. The summed E-state index contributed by atoms with van der Waals surface area (Å²) >= 11 is 0. The lowest BCUT2D eigenvalue weighted by Gasteiger charge is -2.19. The van der Waals surface area contributed by atoms with E-state index < -0.39 is 6.29 Å². The zero-order valence-electron chi connectivity index (χ0n) is 11.4. The van der Waals surface area contributed by atoms with Crippen LogP contribution in [0.3, 0.4) is 0 Å². The summed E-state index contributed by atoms with van der Waals surface area (Å²) in [6.07, 6.45) is -0.484. The van der Waals surface area contributed by atoms with Crippen molar-refractivity contribution >= 4 is 5.97 Å². The Labute approximate surface area is 113 Å². The second kappa shape index (κ2) is 5.89. The Morgan fingerprint density at radius 2 is 2.00 bits per heavy atom. The molecule has 1 heterocycles. The summed E-state index contributed by atoms with van der Waals surface area (Å²) in [5.41, 5.74) is 1.52. The molecular weight excluding hydrogens is 244 g/mol. The monoisotopic (exact) mass is 262 g/mol. The van der Waals surface area contributed by atoms with Gasteiger partial charge in [-0.2, -0.15) is 0 Å². The average molecular weight is 262 g/mol.